The van der Waals surface area contributed by atoms with Gasteiger partial charge in [-0.3, -0.25) is 4.90 Å². The summed E-state index contributed by atoms with van der Waals surface area (Å²) in [5.74, 6) is 0.660. The molecule has 0 spiro atoms. The Hall–Kier alpha value is -2.81. The van der Waals surface area contributed by atoms with Crippen molar-refractivity contribution in [2.24, 2.45) is 0 Å². The molecule has 8 nitrogen and oxygen atoms in total. The van der Waals surface area contributed by atoms with Gasteiger partial charge in [-0.1, -0.05) is 47.6 Å². The summed E-state index contributed by atoms with van der Waals surface area (Å²) in [5.41, 5.74) is 3.22. The van der Waals surface area contributed by atoms with Gasteiger partial charge in [0, 0.05) is 26.2 Å². The number of hydrogen-bond donors (Lipinski definition) is 1. The fourth-order valence-electron chi connectivity index (χ4n) is 4.17. The molecule has 2 saturated heterocycles. The second-order valence-corrected chi connectivity index (χ2v) is 7.49. The van der Waals surface area contributed by atoms with E-state index in [-0.39, 0.29) is 6.04 Å². The molecule has 3 heterocycles. The average molecular weight is 392 g/mol. The Balaban J connectivity index is 1.36. The summed E-state index contributed by atoms with van der Waals surface area (Å²) >= 11 is 0. The molecule has 0 saturated carbocycles. The number of aliphatic hydroxyl groups excluding tert-OH is 1. The zero-order valence-corrected chi connectivity index (χ0v) is 16.1. The molecule has 2 aromatic carbocycles. The van der Waals surface area contributed by atoms with Crippen molar-refractivity contribution in [1.82, 2.24) is 25.1 Å². The summed E-state index contributed by atoms with van der Waals surface area (Å²) in [6.45, 7) is 4.35. The third-order valence-electron chi connectivity index (χ3n) is 5.73. The number of morpholine rings is 1. The molecule has 0 aliphatic carbocycles. The number of nitrogens with zero attached hydrogens (tertiary/aromatic N) is 6. The Morgan fingerprint density at radius 1 is 0.897 bits per heavy atom. The Bertz CT molecular complexity index is 939. The van der Waals surface area contributed by atoms with Gasteiger partial charge in [0.05, 0.1) is 31.0 Å². The van der Waals surface area contributed by atoms with Crippen LogP contribution in [-0.4, -0.2) is 81.8 Å². The van der Waals surface area contributed by atoms with Crippen LogP contribution in [0.3, 0.4) is 0 Å². The molecule has 5 rings (SSSR count). The second kappa shape index (κ2) is 7.90. The third-order valence-corrected chi connectivity index (χ3v) is 5.73. The summed E-state index contributed by atoms with van der Waals surface area (Å²) in [6.07, 6.45) is -0.432. The molecule has 2 atom stereocenters. The summed E-state index contributed by atoms with van der Waals surface area (Å²) in [7, 11) is 0. The normalized spacial score (nSPS) is 22.9. The molecular weight excluding hydrogens is 368 g/mol. The predicted octanol–water partition coefficient (Wildman–Crippen LogP) is 1.21. The first-order chi connectivity index (χ1) is 14.3. The van der Waals surface area contributed by atoms with E-state index >= 15 is 0 Å². The first-order valence-electron chi connectivity index (χ1n) is 9.98. The quantitative estimate of drug-likeness (QED) is 0.715. The molecule has 0 bridgehead atoms. The first-order valence-corrected chi connectivity index (χ1v) is 9.98. The van der Waals surface area contributed by atoms with Crippen LogP contribution in [0.2, 0.25) is 0 Å². The largest absolute Gasteiger partial charge is 0.390 e. The fourth-order valence-corrected chi connectivity index (χ4v) is 4.17. The molecular formula is C21H24N6O2. The van der Waals surface area contributed by atoms with Crippen LogP contribution < -0.4 is 4.90 Å². The van der Waals surface area contributed by atoms with Gasteiger partial charge in [0.15, 0.2) is 0 Å². The molecule has 2 aliphatic rings. The van der Waals surface area contributed by atoms with Crippen LogP contribution in [0.1, 0.15) is 0 Å². The predicted molar refractivity (Wildman–Crippen MR) is 109 cm³/mol. The van der Waals surface area contributed by atoms with Crippen LogP contribution in [-0.2, 0) is 4.74 Å². The Kier molecular flexibility index (Phi) is 4.97. The van der Waals surface area contributed by atoms with Crippen molar-refractivity contribution in [3.05, 3.63) is 54.6 Å². The molecule has 1 N–H and O–H groups in total. The minimum atomic E-state index is -0.432. The lowest BCUT2D eigenvalue weighted by Crippen LogP contribution is -2.48. The molecule has 2 fully saturated rings. The van der Waals surface area contributed by atoms with Gasteiger partial charge in [-0.15, -0.1) is 0 Å². The van der Waals surface area contributed by atoms with Crippen LogP contribution in [0.5, 0.6) is 0 Å². The van der Waals surface area contributed by atoms with Crippen molar-refractivity contribution in [1.29, 1.82) is 0 Å². The Morgan fingerprint density at radius 3 is 2.38 bits per heavy atom. The molecule has 0 amide bonds. The lowest BCUT2D eigenvalue weighted by molar-refractivity contribution is -0.00588. The number of ether oxygens (including phenoxy) is 1. The maximum atomic E-state index is 10.6. The number of aromatic nitrogens is 4. The van der Waals surface area contributed by atoms with Crippen LogP contribution in [0.25, 0.3) is 16.8 Å². The number of tetrazole rings is 1. The zero-order valence-electron chi connectivity index (χ0n) is 16.1. The standard InChI is InChI=1S/C21H24N6O2/c28-20-15-26(14-19(20)25-10-12-29-13-11-25)21-22-23-24-27(21)18-8-6-17(7-9-18)16-4-2-1-3-5-16/h1-9,19-20,28H,10-15H2/t19-,20-/m0/s1. The Morgan fingerprint density at radius 2 is 1.62 bits per heavy atom. The number of benzene rings is 2. The molecule has 0 unspecified atom stereocenters. The third kappa shape index (κ3) is 3.62. The summed E-state index contributed by atoms with van der Waals surface area (Å²) in [5, 5.41) is 23.0. The van der Waals surface area contributed by atoms with Crippen LogP contribution in [0, 0.1) is 0 Å². The van der Waals surface area contributed by atoms with Gasteiger partial charge in [0.1, 0.15) is 0 Å². The first kappa shape index (κ1) is 18.2. The Labute approximate surface area is 169 Å². The van der Waals surface area contributed by atoms with E-state index in [0.29, 0.717) is 32.3 Å². The molecule has 8 heteroatoms. The summed E-state index contributed by atoms with van der Waals surface area (Å²) in [6, 6.07) is 18.5. The molecule has 2 aliphatic heterocycles. The van der Waals surface area contributed by atoms with Gasteiger partial charge in [-0.2, -0.15) is 4.68 Å². The van der Waals surface area contributed by atoms with Crippen molar-refractivity contribution in [3.8, 4) is 16.8 Å². The number of anilines is 1. The van der Waals surface area contributed by atoms with Crippen molar-refractivity contribution in [2.45, 2.75) is 12.1 Å². The highest BCUT2D eigenvalue weighted by Crippen LogP contribution is 2.25. The van der Waals surface area contributed by atoms with Crippen LogP contribution in [0.4, 0.5) is 5.95 Å². The highest BCUT2D eigenvalue weighted by atomic mass is 16.5. The highest BCUT2D eigenvalue weighted by Gasteiger charge is 2.38. The van der Waals surface area contributed by atoms with Crippen molar-refractivity contribution >= 4 is 5.95 Å². The van der Waals surface area contributed by atoms with Gasteiger partial charge < -0.3 is 14.7 Å². The lowest BCUT2D eigenvalue weighted by Gasteiger charge is -2.33. The van der Waals surface area contributed by atoms with E-state index in [1.54, 1.807) is 4.68 Å². The monoisotopic (exact) mass is 392 g/mol. The van der Waals surface area contributed by atoms with Crippen molar-refractivity contribution in [3.63, 3.8) is 0 Å². The van der Waals surface area contributed by atoms with Gasteiger partial charge >= 0.3 is 0 Å². The smallest absolute Gasteiger partial charge is 0.250 e. The molecule has 0 radical (unpaired) electrons. The topological polar surface area (TPSA) is 79.5 Å². The average Bonchev–Trinajstić information content (AvgIpc) is 3.42. The number of β-amino-alcohol motifs (C(OH)–C–C–N with tert-alkyl or cyclic N) is 1. The van der Waals surface area contributed by atoms with Crippen LogP contribution in [0.15, 0.2) is 54.6 Å². The van der Waals surface area contributed by atoms with E-state index in [1.165, 1.54) is 5.56 Å². The zero-order chi connectivity index (χ0) is 19.6. The van der Waals surface area contributed by atoms with E-state index in [9.17, 15) is 5.11 Å². The van der Waals surface area contributed by atoms with Gasteiger partial charge in [-0.05, 0) is 33.7 Å². The maximum Gasteiger partial charge on any atom is 0.250 e. The minimum Gasteiger partial charge on any atom is -0.390 e. The molecule has 29 heavy (non-hydrogen) atoms. The number of aliphatic hydroxyl groups is 1. The van der Waals surface area contributed by atoms with E-state index < -0.39 is 6.10 Å². The minimum absolute atomic E-state index is 0.0736. The highest BCUT2D eigenvalue weighted by molar-refractivity contribution is 5.64. The van der Waals surface area contributed by atoms with E-state index in [2.05, 4.69) is 49.6 Å². The van der Waals surface area contributed by atoms with Gasteiger partial charge in [-0.25, -0.2) is 0 Å². The van der Waals surface area contributed by atoms with Crippen LogP contribution >= 0.6 is 0 Å². The van der Waals surface area contributed by atoms with E-state index in [0.717, 1.165) is 24.3 Å². The van der Waals surface area contributed by atoms with Gasteiger partial charge in [0.2, 0.25) is 0 Å². The molecule has 3 aromatic rings. The second-order valence-electron chi connectivity index (χ2n) is 7.49. The summed E-state index contributed by atoms with van der Waals surface area (Å²) < 4.78 is 7.18. The lowest BCUT2D eigenvalue weighted by atomic mass is 10.1. The van der Waals surface area contributed by atoms with Crippen molar-refractivity contribution < 1.29 is 9.84 Å². The number of hydrogen-bond acceptors (Lipinski definition) is 7. The van der Waals surface area contributed by atoms with E-state index in [1.807, 2.05) is 30.3 Å². The fraction of sp³-hybridized carbons (Fsp3) is 0.381. The van der Waals surface area contributed by atoms with Gasteiger partial charge in [0.25, 0.3) is 5.95 Å². The van der Waals surface area contributed by atoms with E-state index in [4.69, 9.17) is 4.74 Å². The van der Waals surface area contributed by atoms with Crippen molar-refractivity contribution in [2.75, 3.05) is 44.3 Å². The summed E-state index contributed by atoms with van der Waals surface area (Å²) in [4.78, 5) is 4.37. The number of rotatable bonds is 4. The molecule has 150 valence electrons. The maximum absolute atomic E-state index is 10.6. The molecule has 1 aromatic heterocycles. The SMILES string of the molecule is O[C@H]1CN(c2nnnn2-c2ccc(-c3ccccc3)cc2)C[C@@H]1N1CCOCC1.